The van der Waals surface area contributed by atoms with Crippen molar-refractivity contribution in [3.63, 3.8) is 0 Å². The third kappa shape index (κ3) is 2.13. The van der Waals surface area contributed by atoms with Crippen molar-refractivity contribution in [3.05, 3.63) is 55.3 Å². The van der Waals surface area contributed by atoms with Crippen LogP contribution in [0.3, 0.4) is 0 Å². The van der Waals surface area contributed by atoms with Crippen LogP contribution in [0.5, 0.6) is 0 Å². The molecule has 8 heteroatoms. The van der Waals surface area contributed by atoms with Crippen LogP contribution < -0.4 is 16.6 Å². The number of imide groups is 1. The van der Waals surface area contributed by atoms with E-state index in [0.717, 1.165) is 10.6 Å². The molecule has 2 heterocycles. The van der Waals surface area contributed by atoms with Gasteiger partial charge in [-0.15, -0.1) is 0 Å². The normalized spacial score (nSPS) is 12.7. The maximum Gasteiger partial charge on any atom is 0.262 e. The molecular formula is C15H9BrN4O3. The Balaban J connectivity index is 2.39. The van der Waals surface area contributed by atoms with Crippen LogP contribution in [0.15, 0.2) is 27.5 Å². The fraction of sp³-hybridized carbons (Fsp3) is 0.0667. The first-order valence-electron chi connectivity index (χ1n) is 6.47. The Morgan fingerprint density at radius 3 is 2.52 bits per heavy atom. The highest BCUT2D eigenvalue weighted by Gasteiger charge is 2.32. The second kappa shape index (κ2) is 5.07. The molecular weight excluding hydrogens is 364 g/mol. The van der Waals surface area contributed by atoms with E-state index in [1.807, 2.05) is 6.07 Å². The van der Waals surface area contributed by atoms with Gasteiger partial charge in [-0.25, -0.2) is 0 Å². The van der Waals surface area contributed by atoms with Crippen molar-refractivity contribution in [1.82, 2.24) is 9.88 Å². The highest BCUT2D eigenvalue weighted by molar-refractivity contribution is 9.10. The van der Waals surface area contributed by atoms with Crippen molar-refractivity contribution in [2.24, 2.45) is 0 Å². The average molecular weight is 373 g/mol. The highest BCUT2D eigenvalue weighted by Crippen LogP contribution is 2.30. The van der Waals surface area contributed by atoms with E-state index < -0.39 is 17.4 Å². The molecule has 0 aliphatic carbocycles. The molecule has 1 aromatic heterocycles. The molecule has 0 saturated carbocycles. The lowest BCUT2D eigenvalue weighted by Gasteiger charge is -2.16. The van der Waals surface area contributed by atoms with Crippen LogP contribution in [0.25, 0.3) is 5.69 Å². The number of nitrogens with two attached hydrogens (primary N) is 1. The molecule has 2 amide bonds. The van der Waals surface area contributed by atoms with Crippen LogP contribution in [0.2, 0.25) is 0 Å². The topological polar surface area (TPSA) is 118 Å². The number of halogens is 1. The zero-order valence-corrected chi connectivity index (χ0v) is 13.4. The van der Waals surface area contributed by atoms with Gasteiger partial charge < -0.3 is 5.73 Å². The Kier molecular flexibility index (Phi) is 3.30. The van der Waals surface area contributed by atoms with Crippen molar-refractivity contribution in [2.75, 3.05) is 5.73 Å². The van der Waals surface area contributed by atoms with E-state index in [-0.39, 0.29) is 16.9 Å². The van der Waals surface area contributed by atoms with E-state index in [4.69, 9.17) is 11.0 Å². The predicted octanol–water partition coefficient (Wildman–Crippen LogP) is 1.25. The summed E-state index contributed by atoms with van der Waals surface area (Å²) in [5.41, 5.74) is 6.85. The lowest BCUT2D eigenvalue weighted by Crippen LogP contribution is -2.25. The summed E-state index contributed by atoms with van der Waals surface area (Å²) >= 11 is 3.32. The van der Waals surface area contributed by atoms with Crippen LogP contribution >= 0.6 is 15.9 Å². The van der Waals surface area contributed by atoms with Crippen LogP contribution in [-0.4, -0.2) is 16.4 Å². The fourth-order valence-electron chi connectivity index (χ4n) is 2.59. The molecule has 0 spiro atoms. The van der Waals surface area contributed by atoms with Crippen molar-refractivity contribution < 1.29 is 9.59 Å². The van der Waals surface area contributed by atoms with Gasteiger partial charge in [-0.1, -0.05) is 0 Å². The van der Waals surface area contributed by atoms with E-state index in [2.05, 4.69) is 21.2 Å². The number of pyridine rings is 1. The number of aromatic nitrogens is 1. The number of fused-ring (bicyclic) bond motifs is 1. The van der Waals surface area contributed by atoms with E-state index in [9.17, 15) is 14.4 Å². The highest BCUT2D eigenvalue weighted by atomic mass is 79.9. The molecule has 0 bridgehead atoms. The Labute approximate surface area is 138 Å². The Bertz CT molecular complexity index is 978. The molecule has 2 aromatic rings. The maximum atomic E-state index is 12.4. The van der Waals surface area contributed by atoms with Crippen molar-refractivity contribution >= 4 is 33.6 Å². The first-order chi connectivity index (χ1) is 10.8. The summed E-state index contributed by atoms with van der Waals surface area (Å²) in [6.07, 6.45) is 0. The molecule has 1 aliphatic heterocycles. The number of nitrogens with one attached hydrogen (secondary N) is 1. The number of rotatable bonds is 1. The lowest BCUT2D eigenvalue weighted by atomic mass is 10.1. The van der Waals surface area contributed by atoms with E-state index >= 15 is 0 Å². The quantitative estimate of drug-likeness (QED) is 0.730. The Morgan fingerprint density at radius 2 is 1.91 bits per heavy atom. The number of anilines is 1. The number of benzene rings is 1. The number of nitrogen functional groups attached to an aromatic ring is 1. The molecule has 0 atom stereocenters. The summed E-state index contributed by atoms with van der Waals surface area (Å²) in [6, 6.07) is 6.24. The monoisotopic (exact) mass is 372 g/mol. The zero-order chi connectivity index (χ0) is 16.9. The van der Waals surface area contributed by atoms with Gasteiger partial charge in [0.1, 0.15) is 5.82 Å². The summed E-state index contributed by atoms with van der Waals surface area (Å²) in [5.74, 6) is -1.40. The second-order valence-electron chi connectivity index (χ2n) is 5.01. The summed E-state index contributed by atoms with van der Waals surface area (Å²) in [6.45, 7) is 1.71. The van der Waals surface area contributed by atoms with Gasteiger partial charge in [-0.2, -0.15) is 5.26 Å². The standard InChI is InChI=1S/C15H9BrN4O3/c1-6-2-7(5-17)3-9(16)12(6)20-10(21)4-8-11(13(20)18)15(23)19-14(8)22/h2-4H,18H2,1H3,(H,19,22,23). The molecule has 0 fully saturated rings. The third-order valence-corrected chi connectivity index (χ3v) is 4.16. The van der Waals surface area contributed by atoms with Crippen molar-refractivity contribution in [3.8, 4) is 11.8 Å². The number of nitriles is 1. The minimum Gasteiger partial charge on any atom is -0.384 e. The summed E-state index contributed by atoms with van der Waals surface area (Å²) in [4.78, 5) is 36.0. The molecule has 7 nitrogen and oxygen atoms in total. The molecule has 1 aromatic carbocycles. The Hall–Kier alpha value is -2.92. The molecule has 0 saturated heterocycles. The van der Waals surface area contributed by atoms with Gasteiger partial charge in [0.15, 0.2) is 0 Å². The molecule has 3 N–H and O–H groups in total. The van der Waals surface area contributed by atoms with E-state index in [0.29, 0.717) is 21.3 Å². The average Bonchev–Trinajstić information content (AvgIpc) is 2.75. The minimum atomic E-state index is -0.642. The number of amides is 2. The van der Waals surface area contributed by atoms with Crippen LogP contribution in [0, 0.1) is 18.3 Å². The van der Waals surface area contributed by atoms with Crippen LogP contribution in [0.1, 0.15) is 31.8 Å². The van der Waals surface area contributed by atoms with E-state index in [1.54, 1.807) is 19.1 Å². The predicted molar refractivity (Wildman–Crippen MR) is 85.4 cm³/mol. The van der Waals surface area contributed by atoms with Gasteiger partial charge in [0.2, 0.25) is 0 Å². The lowest BCUT2D eigenvalue weighted by molar-refractivity contribution is 0.0880. The summed E-state index contributed by atoms with van der Waals surface area (Å²) in [7, 11) is 0. The van der Waals surface area contributed by atoms with Crippen molar-refractivity contribution in [1.29, 1.82) is 5.26 Å². The van der Waals surface area contributed by atoms with Crippen molar-refractivity contribution in [2.45, 2.75) is 6.92 Å². The van der Waals surface area contributed by atoms with Gasteiger partial charge in [0.05, 0.1) is 28.4 Å². The third-order valence-electron chi connectivity index (χ3n) is 3.56. The fourth-order valence-corrected chi connectivity index (χ4v) is 3.33. The molecule has 0 radical (unpaired) electrons. The van der Waals surface area contributed by atoms with Gasteiger partial charge in [-0.05, 0) is 40.5 Å². The molecule has 0 unspecified atom stereocenters. The van der Waals surface area contributed by atoms with Gasteiger partial charge in [-0.3, -0.25) is 24.3 Å². The molecule has 114 valence electrons. The first kappa shape index (κ1) is 15.0. The number of carbonyl (C=O) groups excluding carboxylic acids is 2. The summed E-state index contributed by atoms with van der Waals surface area (Å²) in [5, 5.41) is 11.1. The molecule has 23 heavy (non-hydrogen) atoms. The first-order valence-corrected chi connectivity index (χ1v) is 7.26. The zero-order valence-electron chi connectivity index (χ0n) is 11.8. The summed E-state index contributed by atoms with van der Waals surface area (Å²) < 4.78 is 1.63. The van der Waals surface area contributed by atoms with Crippen LogP contribution in [0.4, 0.5) is 5.82 Å². The number of hydrogen-bond acceptors (Lipinski definition) is 5. The minimum absolute atomic E-state index is 0.0229. The van der Waals surface area contributed by atoms with Gasteiger partial charge in [0, 0.05) is 10.5 Å². The number of carbonyl (C=O) groups is 2. The smallest absolute Gasteiger partial charge is 0.262 e. The van der Waals surface area contributed by atoms with Gasteiger partial charge in [0.25, 0.3) is 17.4 Å². The number of hydrogen-bond donors (Lipinski definition) is 2. The van der Waals surface area contributed by atoms with Gasteiger partial charge >= 0.3 is 0 Å². The Morgan fingerprint density at radius 1 is 1.22 bits per heavy atom. The number of aryl methyl sites for hydroxylation is 1. The van der Waals surface area contributed by atoms with E-state index in [1.165, 1.54) is 0 Å². The SMILES string of the molecule is Cc1cc(C#N)cc(Br)c1-n1c(N)c2c(cc1=O)C(=O)NC2=O. The molecule has 1 aliphatic rings. The largest absolute Gasteiger partial charge is 0.384 e. The number of nitrogens with zero attached hydrogens (tertiary/aromatic N) is 2. The molecule has 3 rings (SSSR count). The maximum absolute atomic E-state index is 12.4. The van der Waals surface area contributed by atoms with Crippen LogP contribution in [-0.2, 0) is 0 Å². The second-order valence-corrected chi connectivity index (χ2v) is 5.86.